The SMILES string of the molecule is O=C(c1cccc(S(=O)(=O)C(F)(F)F)c1)N1CCCc2cccc(OC(F)F)c21. The van der Waals surface area contributed by atoms with Crippen LogP contribution in [-0.2, 0) is 16.3 Å². The fourth-order valence-electron chi connectivity index (χ4n) is 3.10. The molecule has 0 radical (unpaired) electrons. The summed E-state index contributed by atoms with van der Waals surface area (Å²) < 4.78 is 91.6. The molecule has 11 heteroatoms. The van der Waals surface area contributed by atoms with Gasteiger partial charge in [0.25, 0.3) is 15.7 Å². The maximum absolute atomic E-state index is 12.9. The summed E-state index contributed by atoms with van der Waals surface area (Å²) in [6, 6.07) is 7.88. The highest BCUT2D eigenvalue weighted by Gasteiger charge is 2.47. The Morgan fingerprint density at radius 1 is 1.10 bits per heavy atom. The van der Waals surface area contributed by atoms with Crippen LogP contribution in [0.15, 0.2) is 47.4 Å². The van der Waals surface area contributed by atoms with Gasteiger partial charge in [-0.3, -0.25) is 4.79 Å². The van der Waals surface area contributed by atoms with Crippen molar-refractivity contribution in [3.8, 4) is 5.75 Å². The van der Waals surface area contributed by atoms with Crippen LogP contribution in [0.2, 0.25) is 0 Å². The Hall–Kier alpha value is -2.69. The average molecular weight is 435 g/mol. The van der Waals surface area contributed by atoms with E-state index in [9.17, 15) is 35.2 Å². The minimum atomic E-state index is -5.64. The van der Waals surface area contributed by atoms with E-state index in [1.807, 2.05) is 0 Å². The van der Waals surface area contributed by atoms with E-state index in [2.05, 4.69) is 4.74 Å². The largest absolute Gasteiger partial charge is 0.501 e. The molecule has 0 N–H and O–H groups in total. The highest BCUT2D eigenvalue weighted by Crippen LogP contribution is 2.38. The Morgan fingerprint density at radius 2 is 1.79 bits per heavy atom. The molecule has 0 spiro atoms. The molecule has 0 unspecified atom stereocenters. The number of aryl methyl sites for hydroxylation is 1. The second-order valence-electron chi connectivity index (χ2n) is 6.18. The van der Waals surface area contributed by atoms with Gasteiger partial charge in [-0.15, -0.1) is 0 Å². The molecular weight excluding hydrogens is 421 g/mol. The summed E-state index contributed by atoms with van der Waals surface area (Å²) in [5.41, 5.74) is -5.20. The van der Waals surface area contributed by atoms with E-state index in [0.717, 1.165) is 23.1 Å². The van der Waals surface area contributed by atoms with E-state index < -0.39 is 32.8 Å². The van der Waals surface area contributed by atoms with Crippen LogP contribution in [0, 0.1) is 0 Å². The van der Waals surface area contributed by atoms with Crippen LogP contribution in [0.1, 0.15) is 22.3 Å². The third-order valence-electron chi connectivity index (χ3n) is 4.34. The number of sulfone groups is 1. The number of carbonyl (C=O) groups is 1. The lowest BCUT2D eigenvalue weighted by Crippen LogP contribution is -2.36. The summed E-state index contributed by atoms with van der Waals surface area (Å²) in [6.45, 7) is -3.04. The normalized spacial score (nSPS) is 14.6. The van der Waals surface area contributed by atoms with Crippen LogP contribution in [-0.4, -0.2) is 33.0 Å². The highest BCUT2D eigenvalue weighted by atomic mass is 32.2. The number of alkyl halides is 5. The van der Waals surface area contributed by atoms with Crippen molar-refractivity contribution in [1.82, 2.24) is 0 Å². The molecule has 3 rings (SSSR count). The van der Waals surface area contributed by atoms with Crippen molar-refractivity contribution in [3.63, 3.8) is 0 Å². The molecule has 0 aromatic heterocycles. The second kappa shape index (κ2) is 7.62. The zero-order valence-electron chi connectivity index (χ0n) is 14.6. The Labute approximate surface area is 162 Å². The van der Waals surface area contributed by atoms with E-state index in [4.69, 9.17) is 0 Å². The van der Waals surface area contributed by atoms with E-state index in [0.29, 0.717) is 24.5 Å². The zero-order chi connectivity index (χ0) is 21.4. The van der Waals surface area contributed by atoms with Crippen molar-refractivity contribution in [2.24, 2.45) is 0 Å². The molecule has 0 saturated heterocycles. The van der Waals surface area contributed by atoms with Gasteiger partial charge in [-0.25, -0.2) is 8.42 Å². The van der Waals surface area contributed by atoms with Gasteiger partial charge in [-0.2, -0.15) is 22.0 Å². The van der Waals surface area contributed by atoms with Crippen LogP contribution in [0.25, 0.3) is 0 Å². The molecule has 5 nitrogen and oxygen atoms in total. The average Bonchev–Trinajstić information content (AvgIpc) is 2.66. The molecule has 1 aliphatic heterocycles. The van der Waals surface area contributed by atoms with Gasteiger partial charge in [0.1, 0.15) is 5.75 Å². The van der Waals surface area contributed by atoms with Gasteiger partial charge in [0.15, 0.2) is 0 Å². The van der Waals surface area contributed by atoms with E-state index in [-0.39, 0.29) is 23.5 Å². The van der Waals surface area contributed by atoms with Gasteiger partial charge in [0.2, 0.25) is 0 Å². The number of para-hydroxylation sites is 1. The lowest BCUT2D eigenvalue weighted by atomic mass is 10.00. The third-order valence-corrected chi connectivity index (χ3v) is 5.82. The smallest absolute Gasteiger partial charge is 0.433 e. The number of carbonyl (C=O) groups excluding carboxylic acids is 1. The topological polar surface area (TPSA) is 63.7 Å². The molecule has 0 saturated carbocycles. The third kappa shape index (κ3) is 4.04. The first-order valence-electron chi connectivity index (χ1n) is 8.32. The minimum absolute atomic E-state index is 0.0909. The number of hydrogen-bond acceptors (Lipinski definition) is 4. The summed E-state index contributed by atoms with van der Waals surface area (Å²) in [5, 5.41) is 0. The highest BCUT2D eigenvalue weighted by molar-refractivity contribution is 7.92. The molecule has 156 valence electrons. The van der Waals surface area contributed by atoms with Crippen molar-refractivity contribution in [1.29, 1.82) is 0 Å². The van der Waals surface area contributed by atoms with Crippen LogP contribution >= 0.6 is 0 Å². The number of halogens is 5. The van der Waals surface area contributed by atoms with Gasteiger partial charge in [0.05, 0.1) is 10.6 Å². The molecule has 0 atom stereocenters. The molecular formula is C18H14F5NO4S. The molecule has 2 aromatic carbocycles. The van der Waals surface area contributed by atoms with Crippen molar-refractivity contribution >= 4 is 21.4 Å². The number of rotatable bonds is 4. The molecule has 0 bridgehead atoms. The predicted molar refractivity (Wildman–Crippen MR) is 92.8 cm³/mol. The van der Waals surface area contributed by atoms with Gasteiger partial charge in [-0.05, 0) is 42.7 Å². The monoisotopic (exact) mass is 435 g/mol. The van der Waals surface area contributed by atoms with Crippen molar-refractivity contribution in [3.05, 3.63) is 53.6 Å². The summed E-state index contributed by atoms with van der Waals surface area (Å²) >= 11 is 0. The maximum atomic E-state index is 12.9. The fraction of sp³-hybridized carbons (Fsp3) is 0.278. The van der Waals surface area contributed by atoms with Crippen LogP contribution < -0.4 is 9.64 Å². The summed E-state index contributed by atoms with van der Waals surface area (Å²) in [4.78, 5) is 13.0. The number of benzene rings is 2. The van der Waals surface area contributed by atoms with E-state index in [1.54, 1.807) is 6.07 Å². The van der Waals surface area contributed by atoms with E-state index >= 15 is 0 Å². The Bertz CT molecular complexity index is 1040. The summed E-state index contributed by atoms with van der Waals surface area (Å²) in [5.74, 6) is -1.07. The molecule has 2 aromatic rings. The van der Waals surface area contributed by atoms with Crippen molar-refractivity contribution in [2.75, 3.05) is 11.4 Å². The molecule has 0 fully saturated rings. The van der Waals surface area contributed by atoms with Gasteiger partial charge >= 0.3 is 12.1 Å². The van der Waals surface area contributed by atoms with Crippen molar-refractivity contribution in [2.45, 2.75) is 29.9 Å². The number of ether oxygens (including phenoxy) is 1. The molecule has 29 heavy (non-hydrogen) atoms. The minimum Gasteiger partial charge on any atom is -0.433 e. The van der Waals surface area contributed by atoms with Crippen LogP contribution in [0.4, 0.5) is 27.6 Å². The molecule has 0 aliphatic carbocycles. The van der Waals surface area contributed by atoms with E-state index in [1.165, 1.54) is 12.1 Å². The molecule has 1 amide bonds. The molecule has 1 aliphatic rings. The standard InChI is InChI=1S/C18H14F5NO4S/c19-17(20)28-14-8-2-4-11-6-3-9-24(15(11)14)16(25)12-5-1-7-13(10-12)29(26,27)18(21,22)23/h1-2,4-5,7-8,10,17H,3,6,9H2. The predicted octanol–water partition coefficient (Wildman–Crippen LogP) is 4.17. The Kier molecular flexibility index (Phi) is 5.52. The lowest BCUT2D eigenvalue weighted by molar-refractivity contribution is -0.0496. The molecule has 1 heterocycles. The Balaban J connectivity index is 2.03. The van der Waals surface area contributed by atoms with Gasteiger partial charge in [-0.1, -0.05) is 18.2 Å². The van der Waals surface area contributed by atoms with Gasteiger partial charge in [0, 0.05) is 12.1 Å². The number of hydrogen-bond donors (Lipinski definition) is 0. The van der Waals surface area contributed by atoms with Crippen LogP contribution in [0.5, 0.6) is 5.75 Å². The maximum Gasteiger partial charge on any atom is 0.501 e. The lowest BCUT2D eigenvalue weighted by Gasteiger charge is -2.31. The first-order valence-corrected chi connectivity index (χ1v) is 9.80. The first kappa shape index (κ1) is 21.0. The van der Waals surface area contributed by atoms with Crippen LogP contribution in [0.3, 0.4) is 0 Å². The van der Waals surface area contributed by atoms with Crippen molar-refractivity contribution < 1.29 is 39.9 Å². The number of nitrogens with zero attached hydrogens (tertiary/aromatic N) is 1. The summed E-state index contributed by atoms with van der Waals surface area (Å²) in [7, 11) is -5.64. The first-order chi connectivity index (χ1) is 13.5. The fourth-order valence-corrected chi connectivity index (χ4v) is 3.90. The quantitative estimate of drug-likeness (QED) is 0.677. The zero-order valence-corrected chi connectivity index (χ0v) is 15.4. The number of fused-ring (bicyclic) bond motifs is 1. The Morgan fingerprint density at radius 3 is 2.45 bits per heavy atom. The van der Waals surface area contributed by atoms with Gasteiger partial charge < -0.3 is 9.64 Å². The number of anilines is 1. The second-order valence-corrected chi connectivity index (χ2v) is 8.12. The number of amides is 1. The summed E-state index contributed by atoms with van der Waals surface area (Å²) in [6.07, 6.45) is 0.972.